The van der Waals surface area contributed by atoms with E-state index in [1.165, 1.54) is 7.11 Å². The van der Waals surface area contributed by atoms with Crippen molar-refractivity contribution in [2.75, 3.05) is 7.11 Å². The van der Waals surface area contributed by atoms with Gasteiger partial charge in [-0.15, -0.1) is 0 Å². The molecule has 21 heavy (non-hydrogen) atoms. The molecule has 1 aromatic heterocycles. The standard InChI is InChI=1S/C17H14N2O2/c1-21-17-15(11-16(20)12-7-3-2-4-8-12)18-13-9-5-6-10-14(13)19-17/h2-10H,11H2,1H3. The molecule has 0 atom stereocenters. The van der Waals surface area contributed by atoms with Crippen LogP contribution in [-0.4, -0.2) is 22.9 Å². The molecule has 4 nitrogen and oxygen atoms in total. The van der Waals surface area contributed by atoms with Gasteiger partial charge in [0, 0.05) is 5.56 Å². The average molecular weight is 278 g/mol. The molecule has 104 valence electrons. The number of Topliss-reactive ketones (excluding diaryl/α,β-unsaturated/α-hetero) is 1. The lowest BCUT2D eigenvalue weighted by atomic mass is 10.1. The number of fused-ring (bicyclic) bond motifs is 1. The summed E-state index contributed by atoms with van der Waals surface area (Å²) >= 11 is 0. The normalized spacial score (nSPS) is 10.5. The van der Waals surface area contributed by atoms with Gasteiger partial charge in [-0.1, -0.05) is 42.5 Å². The summed E-state index contributed by atoms with van der Waals surface area (Å²) in [5, 5.41) is 0. The summed E-state index contributed by atoms with van der Waals surface area (Å²) in [6.07, 6.45) is 0.172. The fourth-order valence-electron chi connectivity index (χ4n) is 2.18. The number of methoxy groups -OCH3 is 1. The van der Waals surface area contributed by atoms with Gasteiger partial charge in [-0.25, -0.2) is 9.97 Å². The van der Waals surface area contributed by atoms with Crippen LogP contribution in [0.5, 0.6) is 5.88 Å². The predicted molar refractivity (Wildman–Crippen MR) is 80.6 cm³/mol. The highest BCUT2D eigenvalue weighted by atomic mass is 16.5. The van der Waals surface area contributed by atoms with Gasteiger partial charge in [0.1, 0.15) is 5.69 Å². The van der Waals surface area contributed by atoms with E-state index >= 15 is 0 Å². The number of benzene rings is 2. The van der Waals surface area contributed by atoms with E-state index in [2.05, 4.69) is 9.97 Å². The highest BCUT2D eigenvalue weighted by Gasteiger charge is 2.14. The van der Waals surface area contributed by atoms with Crippen LogP contribution in [0, 0.1) is 0 Å². The zero-order valence-corrected chi connectivity index (χ0v) is 11.6. The summed E-state index contributed by atoms with van der Waals surface area (Å²) in [4.78, 5) is 21.2. The van der Waals surface area contributed by atoms with Crippen molar-refractivity contribution in [1.82, 2.24) is 9.97 Å². The molecule has 3 rings (SSSR count). The Labute approximate surface area is 122 Å². The van der Waals surface area contributed by atoms with E-state index in [1.54, 1.807) is 12.1 Å². The van der Waals surface area contributed by atoms with E-state index in [4.69, 9.17) is 4.74 Å². The SMILES string of the molecule is COc1nc2ccccc2nc1CC(=O)c1ccccc1. The van der Waals surface area contributed by atoms with E-state index in [9.17, 15) is 4.79 Å². The molecule has 0 fully saturated rings. The first-order valence-corrected chi connectivity index (χ1v) is 6.66. The first-order valence-electron chi connectivity index (χ1n) is 6.66. The lowest BCUT2D eigenvalue weighted by Gasteiger charge is -2.08. The third-order valence-corrected chi connectivity index (χ3v) is 3.22. The fourth-order valence-corrected chi connectivity index (χ4v) is 2.18. The van der Waals surface area contributed by atoms with Crippen LogP contribution in [0.25, 0.3) is 11.0 Å². The Morgan fingerprint density at radius 2 is 1.57 bits per heavy atom. The Bertz CT molecular complexity index is 785. The highest BCUT2D eigenvalue weighted by molar-refractivity contribution is 5.97. The van der Waals surface area contributed by atoms with E-state index in [0.29, 0.717) is 17.1 Å². The topological polar surface area (TPSA) is 52.1 Å². The molecule has 0 spiro atoms. The number of nitrogens with zero attached hydrogens (tertiary/aromatic N) is 2. The number of carbonyl (C=O) groups is 1. The molecular weight excluding hydrogens is 264 g/mol. The summed E-state index contributed by atoms with van der Waals surface area (Å²) in [6.45, 7) is 0. The van der Waals surface area contributed by atoms with Gasteiger partial charge in [0.05, 0.1) is 24.6 Å². The van der Waals surface area contributed by atoms with Gasteiger partial charge < -0.3 is 4.74 Å². The zero-order valence-electron chi connectivity index (χ0n) is 11.6. The minimum Gasteiger partial charge on any atom is -0.480 e. The Hall–Kier alpha value is -2.75. The van der Waals surface area contributed by atoms with Crippen LogP contribution in [0.15, 0.2) is 54.6 Å². The predicted octanol–water partition coefficient (Wildman–Crippen LogP) is 3.06. The average Bonchev–Trinajstić information content (AvgIpc) is 2.55. The van der Waals surface area contributed by atoms with Crippen molar-refractivity contribution < 1.29 is 9.53 Å². The van der Waals surface area contributed by atoms with Gasteiger partial charge in [-0.2, -0.15) is 0 Å². The maximum absolute atomic E-state index is 12.3. The molecule has 0 N–H and O–H groups in total. The summed E-state index contributed by atoms with van der Waals surface area (Å²) in [6, 6.07) is 16.7. The van der Waals surface area contributed by atoms with Crippen molar-refractivity contribution in [3.8, 4) is 5.88 Å². The minimum atomic E-state index is -0.00141. The molecule has 0 saturated heterocycles. The summed E-state index contributed by atoms with van der Waals surface area (Å²) in [7, 11) is 1.54. The summed E-state index contributed by atoms with van der Waals surface area (Å²) in [5.74, 6) is 0.400. The van der Waals surface area contributed by atoms with Crippen molar-refractivity contribution in [2.24, 2.45) is 0 Å². The van der Waals surface area contributed by atoms with Gasteiger partial charge in [0.2, 0.25) is 5.88 Å². The Balaban J connectivity index is 1.98. The lowest BCUT2D eigenvalue weighted by Crippen LogP contribution is -2.08. The Morgan fingerprint density at radius 1 is 0.952 bits per heavy atom. The number of hydrogen-bond donors (Lipinski definition) is 0. The maximum Gasteiger partial charge on any atom is 0.236 e. The molecule has 0 radical (unpaired) electrons. The molecule has 1 heterocycles. The third kappa shape index (κ3) is 2.74. The highest BCUT2D eigenvalue weighted by Crippen LogP contribution is 2.20. The zero-order chi connectivity index (χ0) is 14.7. The maximum atomic E-state index is 12.3. The Kier molecular flexibility index (Phi) is 3.60. The van der Waals surface area contributed by atoms with Crippen LogP contribution in [0.3, 0.4) is 0 Å². The molecule has 0 aliphatic heterocycles. The molecule has 0 amide bonds. The third-order valence-electron chi connectivity index (χ3n) is 3.22. The molecule has 3 aromatic rings. The van der Waals surface area contributed by atoms with Crippen molar-refractivity contribution in [3.63, 3.8) is 0 Å². The van der Waals surface area contributed by atoms with Crippen molar-refractivity contribution in [3.05, 3.63) is 65.9 Å². The largest absolute Gasteiger partial charge is 0.480 e. The molecule has 0 saturated carbocycles. The second-order valence-electron chi connectivity index (χ2n) is 4.63. The van der Waals surface area contributed by atoms with Crippen LogP contribution in [0.1, 0.15) is 16.1 Å². The first-order chi connectivity index (χ1) is 10.3. The van der Waals surface area contributed by atoms with Crippen molar-refractivity contribution in [1.29, 1.82) is 0 Å². The molecule has 0 aliphatic rings. The van der Waals surface area contributed by atoms with Crippen LogP contribution in [-0.2, 0) is 6.42 Å². The fraction of sp³-hybridized carbons (Fsp3) is 0.118. The summed E-state index contributed by atoms with van der Waals surface area (Å²) in [5.41, 5.74) is 2.74. The van der Waals surface area contributed by atoms with Crippen molar-refractivity contribution >= 4 is 16.8 Å². The molecule has 4 heteroatoms. The van der Waals surface area contributed by atoms with Crippen LogP contribution in [0.2, 0.25) is 0 Å². The monoisotopic (exact) mass is 278 g/mol. The van der Waals surface area contributed by atoms with E-state index in [0.717, 1.165) is 11.0 Å². The molecular formula is C17H14N2O2. The molecule has 2 aromatic carbocycles. The quantitative estimate of drug-likeness (QED) is 0.688. The smallest absolute Gasteiger partial charge is 0.236 e. The van der Waals surface area contributed by atoms with Gasteiger partial charge in [-0.05, 0) is 12.1 Å². The second kappa shape index (κ2) is 5.71. The molecule has 0 aliphatic carbocycles. The van der Waals surface area contributed by atoms with E-state index < -0.39 is 0 Å². The van der Waals surface area contributed by atoms with Gasteiger partial charge in [0.25, 0.3) is 0 Å². The van der Waals surface area contributed by atoms with Gasteiger partial charge in [0.15, 0.2) is 5.78 Å². The number of rotatable bonds is 4. The number of para-hydroxylation sites is 2. The van der Waals surface area contributed by atoms with Gasteiger partial charge >= 0.3 is 0 Å². The van der Waals surface area contributed by atoms with Crippen molar-refractivity contribution in [2.45, 2.75) is 6.42 Å². The number of ether oxygens (including phenoxy) is 1. The number of ketones is 1. The Morgan fingerprint density at radius 3 is 2.24 bits per heavy atom. The first kappa shape index (κ1) is 13.2. The van der Waals surface area contributed by atoms with Crippen LogP contribution >= 0.6 is 0 Å². The number of carbonyl (C=O) groups excluding carboxylic acids is 1. The van der Waals surface area contributed by atoms with Crippen LogP contribution in [0.4, 0.5) is 0 Å². The second-order valence-corrected chi connectivity index (χ2v) is 4.63. The van der Waals surface area contributed by atoms with E-state index in [-0.39, 0.29) is 12.2 Å². The van der Waals surface area contributed by atoms with E-state index in [1.807, 2.05) is 42.5 Å². The summed E-state index contributed by atoms with van der Waals surface area (Å²) < 4.78 is 5.26. The minimum absolute atomic E-state index is 0.00141. The molecule has 0 bridgehead atoms. The van der Waals surface area contributed by atoms with Crippen LogP contribution < -0.4 is 4.74 Å². The number of hydrogen-bond acceptors (Lipinski definition) is 4. The van der Waals surface area contributed by atoms with Gasteiger partial charge in [-0.3, -0.25) is 4.79 Å². The molecule has 0 unspecified atom stereocenters. The lowest BCUT2D eigenvalue weighted by molar-refractivity contribution is 0.0991. The number of aromatic nitrogens is 2.